The maximum absolute atomic E-state index is 12.0. The van der Waals surface area contributed by atoms with E-state index in [4.69, 9.17) is 9.15 Å². The summed E-state index contributed by atoms with van der Waals surface area (Å²) < 4.78 is 11.0. The number of hydrazone groups is 1. The lowest BCUT2D eigenvalue weighted by atomic mass is 10.1. The standard InChI is InChI=1S/C20H16N2O5/c23-19(22-21-12-14-6-8-15(9-7-14)20(24)25)18-11-10-17(27-18)13-26-16-4-2-1-3-5-16/h1-12H,13H2,(H,22,23)(H,24,25)/p-1/b21-12-. The van der Waals surface area contributed by atoms with Gasteiger partial charge in [-0.15, -0.1) is 0 Å². The Morgan fingerprint density at radius 1 is 1.04 bits per heavy atom. The molecule has 0 saturated carbocycles. The van der Waals surface area contributed by atoms with Gasteiger partial charge in [0.05, 0.1) is 12.2 Å². The molecule has 0 saturated heterocycles. The third-order valence-corrected chi connectivity index (χ3v) is 3.54. The number of ether oxygens (including phenoxy) is 1. The molecular formula is C20H15N2O5-. The number of nitrogens with zero attached hydrogens (tertiary/aromatic N) is 1. The third kappa shape index (κ3) is 5.05. The number of benzene rings is 2. The van der Waals surface area contributed by atoms with Gasteiger partial charge < -0.3 is 19.1 Å². The van der Waals surface area contributed by atoms with Crippen LogP contribution in [0.2, 0.25) is 0 Å². The van der Waals surface area contributed by atoms with Crippen molar-refractivity contribution in [3.63, 3.8) is 0 Å². The lowest BCUT2D eigenvalue weighted by Gasteiger charge is -2.03. The van der Waals surface area contributed by atoms with Gasteiger partial charge in [-0.05, 0) is 35.4 Å². The molecule has 1 amide bonds. The number of furan rings is 1. The van der Waals surface area contributed by atoms with E-state index >= 15 is 0 Å². The lowest BCUT2D eigenvalue weighted by molar-refractivity contribution is -0.255. The van der Waals surface area contributed by atoms with Crippen molar-refractivity contribution in [1.82, 2.24) is 5.43 Å². The van der Waals surface area contributed by atoms with Crippen LogP contribution in [0.4, 0.5) is 0 Å². The van der Waals surface area contributed by atoms with Crippen molar-refractivity contribution < 1.29 is 23.8 Å². The molecule has 0 fully saturated rings. The van der Waals surface area contributed by atoms with Crippen LogP contribution < -0.4 is 15.3 Å². The molecule has 0 spiro atoms. The van der Waals surface area contributed by atoms with Crippen LogP contribution in [0.5, 0.6) is 5.75 Å². The first-order valence-corrected chi connectivity index (χ1v) is 8.03. The zero-order chi connectivity index (χ0) is 19.1. The average Bonchev–Trinajstić information content (AvgIpc) is 3.17. The Bertz CT molecular complexity index is 946. The molecule has 0 radical (unpaired) electrons. The fraction of sp³-hybridized carbons (Fsp3) is 0.0500. The Hall–Kier alpha value is -3.87. The molecule has 136 valence electrons. The SMILES string of the molecule is O=C([O-])c1ccc(/C=N\NC(=O)c2ccc(COc3ccccc3)o2)cc1. The molecule has 3 aromatic rings. The van der Waals surface area contributed by atoms with E-state index in [-0.39, 0.29) is 17.9 Å². The van der Waals surface area contributed by atoms with Gasteiger partial charge >= 0.3 is 5.91 Å². The summed E-state index contributed by atoms with van der Waals surface area (Å²) in [7, 11) is 0. The van der Waals surface area contributed by atoms with Crippen LogP contribution in [0.3, 0.4) is 0 Å². The minimum Gasteiger partial charge on any atom is -0.545 e. The highest BCUT2D eigenvalue weighted by Crippen LogP contribution is 2.14. The highest BCUT2D eigenvalue weighted by Gasteiger charge is 2.10. The van der Waals surface area contributed by atoms with Crippen LogP contribution >= 0.6 is 0 Å². The van der Waals surface area contributed by atoms with Crippen LogP contribution in [0.25, 0.3) is 0 Å². The molecule has 0 aliphatic rings. The summed E-state index contributed by atoms with van der Waals surface area (Å²) in [6, 6.07) is 18.3. The summed E-state index contributed by atoms with van der Waals surface area (Å²) >= 11 is 0. The molecule has 7 heteroatoms. The van der Waals surface area contributed by atoms with Gasteiger partial charge in [0.15, 0.2) is 5.76 Å². The first-order chi connectivity index (χ1) is 13.1. The largest absolute Gasteiger partial charge is 0.545 e. The second kappa shape index (κ2) is 8.48. The smallest absolute Gasteiger partial charge is 0.307 e. The van der Waals surface area contributed by atoms with Crippen molar-refractivity contribution in [1.29, 1.82) is 0 Å². The van der Waals surface area contributed by atoms with E-state index in [2.05, 4.69) is 10.5 Å². The van der Waals surface area contributed by atoms with Crippen LogP contribution in [-0.4, -0.2) is 18.1 Å². The van der Waals surface area contributed by atoms with E-state index in [0.717, 1.165) is 0 Å². The normalized spacial score (nSPS) is 10.7. The van der Waals surface area contributed by atoms with E-state index in [9.17, 15) is 14.7 Å². The van der Waals surface area contributed by atoms with E-state index < -0.39 is 11.9 Å². The molecule has 1 N–H and O–H groups in total. The van der Waals surface area contributed by atoms with Gasteiger partial charge in [0.25, 0.3) is 0 Å². The topological polar surface area (TPSA) is 104 Å². The molecule has 0 aliphatic heterocycles. The second-order valence-corrected chi connectivity index (χ2v) is 5.48. The van der Waals surface area contributed by atoms with Crippen molar-refractivity contribution in [3.05, 3.63) is 89.4 Å². The molecule has 0 atom stereocenters. The quantitative estimate of drug-likeness (QED) is 0.511. The first kappa shape index (κ1) is 17.9. The predicted octanol–water partition coefficient (Wildman–Crippen LogP) is 1.99. The van der Waals surface area contributed by atoms with Crippen molar-refractivity contribution in [2.45, 2.75) is 6.61 Å². The number of carboxylic acid groups (broad SMARTS) is 1. The van der Waals surface area contributed by atoms with Crippen LogP contribution in [-0.2, 0) is 6.61 Å². The first-order valence-electron chi connectivity index (χ1n) is 8.03. The summed E-state index contributed by atoms with van der Waals surface area (Å²) in [6.45, 7) is 0.200. The van der Waals surface area contributed by atoms with E-state index in [1.54, 1.807) is 18.2 Å². The Morgan fingerprint density at radius 3 is 2.48 bits per heavy atom. The van der Waals surface area contributed by atoms with Gasteiger partial charge in [0, 0.05) is 0 Å². The van der Waals surface area contributed by atoms with Gasteiger partial charge in [-0.3, -0.25) is 4.79 Å². The van der Waals surface area contributed by atoms with Crippen molar-refractivity contribution in [3.8, 4) is 5.75 Å². The number of rotatable bonds is 7. The molecule has 2 aromatic carbocycles. The molecule has 27 heavy (non-hydrogen) atoms. The van der Waals surface area contributed by atoms with Crippen molar-refractivity contribution in [2.24, 2.45) is 5.10 Å². The number of hydrogen-bond donors (Lipinski definition) is 1. The third-order valence-electron chi connectivity index (χ3n) is 3.54. The van der Waals surface area contributed by atoms with Crippen molar-refractivity contribution in [2.75, 3.05) is 0 Å². The van der Waals surface area contributed by atoms with E-state index in [1.807, 2.05) is 30.3 Å². The number of aromatic carboxylic acids is 1. The van der Waals surface area contributed by atoms with Gasteiger partial charge in [-0.25, -0.2) is 5.43 Å². The van der Waals surface area contributed by atoms with E-state index in [0.29, 0.717) is 17.1 Å². The maximum Gasteiger partial charge on any atom is 0.307 e. The molecular weight excluding hydrogens is 348 g/mol. The molecule has 0 bridgehead atoms. The minimum atomic E-state index is -1.25. The van der Waals surface area contributed by atoms with Gasteiger partial charge in [0.1, 0.15) is 18.1 Å². The van der Waals surface area contributed by atoms with Crippen molar-refractivity contribution >= 4 is 18.1 Å². The maximum atomic E-state index is 12.0. The van der Waals surface area contributed by atoms with Gasteiger partial charge in [-0.1, -0.05) is 42.5 Å². The summed E-state index contributed by atoms with van der Waals surface area (Å²) in [4.78, 5) is 22.7. The summed E-state index contributed by atoms with van der Waals surface area (Å²) in [5.74, 6) is -0.452. The Morgan fingerprint density at radius 2 is 1.78 bits per heavy atom. The molecule has 7 nitrogen and oxygen atoms in total. The Labute approximate surface area is 154 Å². The Balaban J connectivity index is 1.52. The number of para-hydroxylation sites is 1. The number of hydrogen-bond acceptors (Lipinski definition) is 6. The summed E-state index contributed by atoms with van der Waals surface area (Å²) in [5.41, 5.74) is 3.03. The number of carbonyl (C=O) groups is 2. The predicted molar refractivity (Wildman–Crippen MR) is 95.3 cm³/mol. The van der Waals surface area contributed by atoms with Gasteiger partial charge in [0.2, 0.25) is 0 Å². The highest BCUT2D eigenvalue weighted by atomic mass is 16.5. The second-order valence-electron chi connectivity index (χ2n) is 5.48. The van der Waals surface area contributed by atoms with Gasteiger partial charge in [-0.2, -0.15) is 5.10 Å². The van der Waals surface area contributed by atoms with E-state index in [1.165, 1.54) is 24.4 Å². The Kier molecular flexibility index (Phi) is 5.64. The summed E-state index contributed by atoms with van der Waals surface area (Å²) in [6.07, 6.45) is 1.39. The number of carboxylic acids is 1. The number of carbonyl (C=O) groups excluding carboxylic acids is 2. The lowest BCUT2D eigenvalue weighted by Crippen LogP contribution is -2.22. The molecule has 1 heterocycles. The van der Waals surface area contributed by atoms with Crippen LogP contribution in [0, 0.1) is 0 Å². The van der Waals surface area contributed by atoms with Crippen LogP contribution in [0.1, 0.15) is 32.2 Å². The zero-order valence-corrected chi connectivity index (χ0v) is 14.1. The molecule has 0 aliphatic carbocycles. The monoisotopic (exact) mass is 363 g/mol. The average molecular weight is 363 g/mol. The fourth-order valence-corrected chi connectivity index (χ4v) is 2.17. The fourth-order valence-electron chi connectivity index (χ4n) is 2.17. The highest BCUT2D eigenvalue weighted by molar-refractivity contribution is 5.92. The summed E-state index contributed by atoms with van der Waals surface area (Å²) in [5, 5.41) is 14.5. The zero-order valence-electron chi connectivity index (χ0n) is 14.1. The molecule has 0 unspecified atom stereocenters. The number of nitrogens with one attached hydrogen (secondary N) is 1. The molecule has 1 aromatic heterocycles. The van der Waals surface area contributed by atoms with Crippen LogP contribution in [0.15, 0.2) is 76.2 Å². The molecule has 3 rings (SSSR count). The number of amides is 1. The minimum absolute atomic E-state index is 0.0667.